The van der Waals surface area contributed by atoms with Gasteiger partial charge in [0.1, 0.15) is 0 Å². The van der Waals surface area contributed by atoms with Gasteiger partial charge in [0.25, 0.3) is 0 Å². The molecule has 0 atom stereocenters. The van der Waals surface area contributed by atoms with Crippen LogP contribution in [0.25, 0.3) is 0 Å². The first kappa shape index (κ1) is 18.4. The Bertz CT molecular complexity index is 440. The molecule has 2 aromatic carbocycles. The summed E-state index contributed by atoms with van der Waals surface area (Å²) in [6, 6.07) is 18.3. The molecule has 0 bridgehead atoms. The van der Waals surface area contributed by atoms with Crippen LogP contribution in [0.3, 0.4) is 0 Å². The quantitative estimate of drug-likeness (QED) is 0.390. The number of carbonyl (C=O) groups is 1. The van der Waals surface area contributed by atoms with E-state index in [1.54, 1.807) is 6.92 Å². The van der Waals surface area contributed by atoms with Crippen LogP contribution in [0.5, 0.6) is 0 Å². The summed E-state index contributed by atoms with van der Waals surface area (Å²) in [6.45, 7) is 6.01. The van der Waals surface area contributed by atoms with Crippen LogP contribution in [-0.2, 0) is 28.3 Å². The first-order chi connectivity index (χ1) is 9.20. The Morgan fingerprint density at radius 3 is 2.25 bits per heavy atom. The smallest absolute Gasteiger partial charge is 0.352 e. The number of hydrogen-bond acceptors (Lipinski definition) is 1. The minimum absolute atomic E-state index is 0. The summed E-state index contributed by atoms with van der Waals surface area (Å²) in [7, 11) is 0. The minimum Gasteiger partial charge on any atom is -0.352 e. The normalized spacial score (nSPS) is 8.85. The van der Waals surface area contributed by atoms with Crippen LogP contribution < -0.4 is 5.32 Å². The van der Waals surface area contributed by atoms with Gasteiger partial charge in [0.05, 0.1) is 0 Å². The summed E-state index contributed by atoms with van der Waals surface area (Å²) in [5.41, 5.74) is 1.90. The third-order valence-corrected chi connectivity index (χ3v) is 2.60. The zero-order valence-corrected chi connectivity index (χ0v) is 12.9. The summed E-state index contributed by atoms with van der Waals surface area (Å²) in [5.74, 6) is -0.0486. The maximum absolute atomic E-state index is 11.1. The van der Waals surface area contributed by atoms with Crippen molar-refractivity contribution in [2.75, 3.05) is 6.54 Å². The van der Waals surface area contributed by atoms with E-state index in [1.165, 1.54) is 5.56 Å². The molecular formula is C17H21FeNO. The van der Waals surface area contributed by atoms with E-state index in [4.69, 9.17) is 0 Å². The summed E-state index contributed by atoms with van der Waals surface area (Å²) in [5, 5.41) is 2.81. The summed E-state index contributed by atoms with van der Waals surface area (Å²) in [4.78, 5) is 11.1. The molecule has 0 aliphatic rings. The maximum atomic E-state index is 11.1. The fraction of sp³-hybridized carbons (Fsp3) is 0.235. The van der Waals surface area contributed by atoms with E-state index in [1.807, 2.05) is 42.5 Å². The molecule has 2 aromatic rings. The van der Waals surface area contributed by atoms with Crippen molar-refractivity contribution in [3.05, 3.63) is 72.3 Å². The van der Waals surface area contributed by atoms with Gasteiger partial charge in [-0.2, -0.15) is 35.9 Å². The molecule has 0 saturated heterocycles. The summed E-state index contributed by atoms with van der Waals surface area (Å²) < 4.78 is 0. The van der Waals surface area contributed by atoms with Gasteiger partial charge in [-0.15, -0.1) is 0 Å². The monoisotopic (exact) mass is 311 g/mol. The largest absolute Gasteiger partial charge is 2.00 e. The second-order valence-electron chi connectivity index (χ2n) is 4.40. The third-order valence-electron chi connectivity index (χ3n) is 2.60. The van der Waals surface area contributed by atoms with Gasteiger partial charge in [0, 0.05) is 12.1 Å². The molecule has 2 nitrogen and oxygen atoms in total. The molecule has 1 N–H and O–H groups in total. The Kier molecular flexibility index (Phi) is 10.4. The molecule has 0 saturated carbocycles. The Morgan fingerprint density at radius 2 is 1.80 bits per heavy atom. The second-order valence-corrected chi connectivity index (χ2v) is 4.40. The van der Waals surface area contributed by atoms with Crippen LogP contribution >= 0.6 is 0 Å². The van der Waals surface area contributed by atoms with Crippen molar-refractivity contribution in [3.63, 3.8) is 0 Å². The second kappa shape index (κ2) is 11.3. The summed E-state index contributed by atoms with van der Waals surface area (Å²) >= 11 is 0. The average Bonchev–Trinajstić information content (AvgIpc) is 3.08. The van der Waals surface area contributed by atoms with Crippen LogP contribution in [0, 0.1) is 0 Å². The molecule has 108 valence electrons. The van der Waals surface area contributed by atoms with E-state index in [-0.39, 0.29) is 23.0 Å². The van der Waals surface area contributed by atoms with E-state index in [2.05, 4.69) is 24.0 Å². The minimum atomic E-state index is -0.0486. The predicted octanol–water partition coefficient (Wildman–Crippen LogP) is 3.43. The molecule has 3 heteroatoms. The van der Waals surface area contributed by atoms with Crippen molar-refractivity contribution in [3.8, 4) is 0 Å². The average molecular weight is 311 g/mol. The third kappa shape index (κ3) is 8.52. The molecule has 1 amide bonds. The van der Waals surface area contributed by atoms with Crippen molar-refractivity contribution in [2.24, 2.45) is 0 Å². The van der Waals surface area contributed by atoms with Crippen LogP contribution in [-0.4, -0.2) is 12.5 Å². The molecule has 0 fully saturated rings. The Morgan fingerprint density at radius 1 is 1.20 bits per heavy atom. The number of carbonyl (C=O) groups excluding carboxylic acids is 1. The number of amides is 1. The zero-order chi connectivity index (χ0) is 13.9. The molecule has 0 aromatic heterocycles. The van der Waals surface area contributed by atoms with Gasteiger partial charge in [-0.3, -0.25) is 4.79 Å². The number of aryl methyl sites for hydroxylation is 1. The number of nitrogens with one attached hydrogen (secondary N) is 1. The number of hydrogen-bond donors (Lipinski definition) is 1. The van der Waals surface area contributed by atoms with Crippen molar-refractivity contribution in [1.29, 1.82) is 0 Å². The van der Waals surface area contributed by atoms with Crippen LogP contribution in [0.2, 0.25) is 0 Å². The predicted molar refractivity (Wildman–Crippen MR) is 80.2 cm³/mol. The molecule has 0 aliphatic heterocycles. The van der Waals surface area contributed by atoms with E-state index in [0.717, 1.165) is 19.4 Å². The fourth-order valence-corrected chi connectivity index (χ4v) is 1.55. The Labute approximate surface area is 132 Å². The molecule has 0 radical (unpaired) electrons. The Hall–Kier alpha value is -1.57. The van der Waals surface area contributed by atoms with Gasteiger partial charge in [0.2, 0.25) is 5.91 Å². The van der Waals surface area contributed by atoms with Crippen molar-refractivity contribution < 1.29 is 21.9 Å². The molecule has 2 rings (SSSR count). The first-order valence-corrected chi connectivity index (χ1v) is 6.51. The van der Waals surface area contributed by atoms with Gasteiger partial charge < -0.3 is 5.32 Å². The van der Waals surface area contributed by atoms with Crippen molar-refractivity contribution in [1.82, 2.24) is 5.32 Å². The molecule has 0 spiro atoms. The first-order valence-electron chi connectivity index (χ1n) is 6.51. The standard InChI is InChI=1S/C12H16NO.C5H5.Fe/c1-10(2)12(14)13-9-5-8-11-6-3-4-7-11;1-2-4-5-3-1;/h3-4,6-7H,1,5,8-9H2,2H3,(H,13,14);1-5H;/q2*-1;+2. The van der Waals surface area contributed by atoms with E-state index >= 15 is 0 Å². The van der Waals surface area contributed by atoms with Crippen molar-refractivity contribution >= 4 is 5.91 Å². The molecule has 20 heavy (non-hydrogen) atoms. The zero-order valence-electron chi connectivity index (χ0n) is 11.8. The van der Waals surface area contributed by atoms with Crippen LogP contribution in [0.15, 0.2) is 66.7 Å². The van der Waals surface area contributed by atoms with Crippen LogP contribution in [0.1, 0.15) is 18.9 Å². The van der Waals surface area contributed by atoms with Gasteiger partial charge in [-0.1, -0.05) is 13.0 Å². The van der Waals surface area contributed by atoms with Gasteiger partial charge in [-0.25, -0.2) is 24.3 Å². The van der Waals surface area contributed by atoms with Crippen LogP contribution in [0.4, 0.5) is 0 Å². The topological polar surface area (TPSA) is 29.1 Å². The summed E-state index contributed by atoms with van der Waals surface area (Å²) in [6.07, 6.45) is 1.99. The molecule has 0 aliphatic carbocycles. The van der Waals surface area contributed by atoms with E-state index in [9.17, 15) is 4.79 Å². The van der Waals surface area contributed by atoms with Gasteiger partial charge in [-0.05, 0) is 13.3 Å². The van der Waals surface area contributed by atoms with Gasteiger partial charge in [0.15, 0.2) is 0 Å². The Balaban J connectivity index is 0.000000507. The molecule has 0 heterocycles. The number of rotatable bonds is 5. The van der Waals surface area contributed by atoms with Crippen molar-refractivity contribution in [2.45, 2.75) is 19.8 Å². The van der Waals surface area contributed by atoms with E-state index < -0.39 is 0 Å². The SMILES string of the molecule is C=C(C)C(=O)NCCC[c-]1cccc1.[Fe+2].c1cc[cH-]c1. The van der Waals surface area contributed by atoms with Gasteiger partial charge >= 0.3 is 17.1 Å². The van der Waals surface area contributed by atoms with E-state index in [0.29, 0.717) is 5.57 Å². The maximum Gasteiger partial charge on any atom is 2.00 e. The molecular weight excluding hydrogens is 290 g/mol. The fourth-order valence-electron chi connectivity index (χ4n) is 1.55. The molecule has 0 unspecified atom stereocenters.